The summed E-state index contributed by atoms with van der Waals surface area (Å²) in [6.45, 7) is 2.21. The Balaban J connectivity index is 2.19. The molecule has 0 saturated heterocycles. The van der Waals surface area contributed by atoms with Gasteiger partial charge in [-0.2, -0.15) is 0 Å². The summed E-state index contributed by atoms with van der Waals surface area (Å²) < 4.78 is 0. The van der Waals surface area contributed by atoms with Crippen LogP contribution < -0.4 is 5.32 Å². The first-order valence-corrected chi connectivity index (χ1v) is 7.25. The quantitative estimate of drug-likeness (QED) is 0.713. The van der Waals surface area contributed by atoms with Gasteiger partial charge in [-0.05, 0) is 30.2 Å². The van der Waals surface area contributed by atoms with Gasteiger partial charge in [-0.15, -0.1) is 0 Å². The number of benzene rings is 2. The second kappa shape index (κ2) is 7.20. The van der Waals surface area contributed by atoms with E-state index in [1.54, 1.807) is 0 Å². The Morgan fingerprint density at radius 2 is 1.68 bits per heavy atom. The highest BCUT2D eigenvalue weighted by atomic mass is 35.5. The summed E-state index contributed by atoms with van der Waals surface area (Å²) in [6, 6.07) is 18.7. The molecule has 1 N–H and O–H groups in total. The van der Waals surface area contributed by atoms with Crippen molar-refractivity contribution in [2.24, 2.45) is 0 Å². The molecule has 2 rings (SSSR count). The molecule has 1 nitrogen and oxygen atoms in total. The van der Waals surface area contributed by atoms with Crippen LogP contribution in [0.2, 0.25) is 5.02 Å². The van der Waals surface area contributed by atoms with Crippen molar-refractivity contribution in [2.75, 3.05) is 5.32 Å². The fourth-order valence-electron chi connectivity index (χ4n) is 2.21. The van der Waals surface area contributed by atoms with Crippen LogP contribution in [0.1, 0.15) is 37.8 Å². The lowest BCUT2D eigenvalue weighted by Gasteiger charge is -2.21. The van der Waals surface area contributed by atoms with Crippen molar-refractivity contribution in [3.63, 3.8) is 0 Å². The van der Waals surface area contributed by atoms with Crippen LogP contribution in [0.15, 0.2) is 54.6 Å². The average Bonchev–Trinajstić information content (AvgIpc) is 2.45. The zero-order valence-electron chi connectivity index (χ0n) is 11.3. The van der Waals surface area contributed by atoms with Gasteiger partial charge in [0, 0.05) is 10.7 Å². The summed E-state index contributed by atoms with van der Waals surface area (Å²) in [5.74, 6) is 0. The Morgan fingerprint density at radius 1 is 1.00 bits per heavy atom. The molecule has 0 amide bonds. The topological polar surface area (TPSA) is 12.0 Å². The van der Waals surface area contributed by atoms with Crippen LogP contribution in [0.5, 0.6) is 0 Å². The summed E-state index contributed by atoms with van der Waals surface area (Å²) >= 11 is 6.32. The van der Waals surface area contributed by atoms with Crippen molar-refractivity contribution in [3.05, 3.63) is 65.2 Å². The monoisotopic (exact) mass is 273 g/mol. The summed E-state index contributed by atoms with van der Waals surface area (Å²) in [5.41, 5.74) is 2.32. The molecule has 0 fully saturated rings. The maximum atomic E-state index is 6.32. The van der Waals surface area contributed by atoms with Gasteiger partial charge >= 0.3 is 0 Å². The minimum Gasteiger partial charge on any atom is -0.378 e. The number of halogens is 1. The molecule has 0 aliphatic rings. The van der Waals surface area contributed by atoms with Crippen LogP contribution in [0.25, 0.3) is 0 Å². The highest BCUT2D eigenvalue weighted by molar-refractivity contribution is 6.31. The van der Waals surface area contributed by atoms with Crippen LogP contribution in [-0.2, 0) is 0 Å². The Bertz CT molecular complexity index is 496. The minimum absolute atomic E-state index is 0.274. The van der Waals surface area contributed by atoms with Gasteiger partial charge in [0.05, 0.1) is 6.04 Å². The molecule has 0 saturated carbocycles. The zero-order valence-corrected chi connectivity index (χ0v) is 12.0. The SMILES string of the molecule is CCCC[C@H](Nc1ccccc1)c1ccccc1Cl. The number of rotatable bonds is 6. The Kier molecular flexibility index (Phi) is 5.29. The predicted octanol–water partition coefficient (Wildman–Crippen LogP) is 5.68. The minimum atomic E-state index is 0.274. The van der Waals surface area contributed by atoms with Gasteiger partial charge in [-0.1, -0.05) is 67.8 Å². The third kappa shape index (κ3) is 4.00. The second-order valence-electron chi connectivity index (χ2n) is 4.73. The molecule has 2 aromatic rings. The van der Waals surface area contributed by atoms with Gasteiger partial charge in [0.1, 0.15) is 0 Å². The average molecular weight is 274 g/mol. The van der Waals surface area contributed by atoms with Crippen molar-refractivity contribution in [1.82, 2.24) is 0 Å². The molecule has 1 atom stereocenters. The molecule has 0 spiro atoms. The molecule has 0 unspecified atom stereocenters. The molecule has 19 heavy (non-hydrogen) atoms. The van der Waals surface area contributed by atoms with E-state index in [1.165, 1.54) is 18.4 Å². The van der Waals surface area contributed by atoms with Crippen LogP contribution in [0.3, 0.4) is 0 Å². The number of hydrogen-bond acceptors (Lipinski definition) is 1. The summed E-state index contributed by atoms with van der Waals surface area (Å²) in [5, 5.41) is 4.43. The van der Waals surface area contributed by atoms with E-state index in [-0.39, 0.29) is 6.04 Å². The van der Waals surface area contributed by atoms with Crippen molar-refractivity contribution in [2.45, 2.75) is 32.2 Å². The smallest absolute Gasteiger partial charge is 0.0528 e. The standard InChI is InChI=1S/C17H20ClN/c1-2-3-13-17(15-11-7-8-12-16(15)18)19-14-9-5-4-6-10-14/h4-12,17,19H,2-3,13H2,1H3/t17-/m0/s1. The van der Waals surface area contributed by atoms with Crippen LogP contribution in [0, 0.1) is 0 Å². The molecule has 2 aromatic carbocycles. The highest BCUT2D eigenvalue weighted by Crippen LogP contribution is 2.29. The normalized spacial score (nSPS) is 12.1. The van der Waals surface area contributed by atoms with Crippen molar-refractivity contribution in [3.8, 4) is 0 Å². The van der Waals surface area contributed by atoms with E-state index < -0.39 is 0 Å². The van der Waals surface area contributed by atoms with E-state index in [0.717, 1.165) is 17.1 Å². The predicted molar refractivity (Wildman–Crippen MR) is 83.8 cm³/mol. The lowest BCUT2D eigenvalue weighted by molar-refractivity contribution is 0.634. The fourth-order valence-corrected chi connectivity index (χ4v) is 2.47. The van der Waals surface area contributed by atoms with Gasteiger partial charge in [0.15, 0.2) is 0 Å². The van der Waals surface area contributed by atoms with Gasteiger partial charge in [0.2, 0.25) is 0 Å². The molecule has 0 aromatic heterocycles. The van der Waals surface area contributed by atoms with Gasteiger partial charge in [-0.3, -0.25) is 0 Å². The zero-order chi connectivity index (χ0) is 13.5. The number of hydrogen-bond donors (Lipinski definition) is 1. The van der Waals surface area contributed by atoms with E-state index in [9.17, 15) is 0 Å². The molecular weight excluding hydrogens is 254 g/mol. The first kappa shape index (κ1) is 14.0. The Labute approximate surface area is 120 Å². The van der Waals surface area contributed by atoms with Gasteiger partial charge in [0.25, 0.3) is 0 Å². The Hall–Kier alpha value is -1.47. The third-order valence-electron chi connectivity index (χ3n) is 3.24. The lowest BCUT2D eigenvalue weighted by Crippen LogP contribution is -2.11. The highest BCUT2D eigenvalue weighted by Gasteiger charge is 2.13. The summed E-state index contributed by atoms with van der Waals surface area (Å²) in [7, 11) is 0. The van der Waals surface area contributed by atoms with E-state index in [4.69, 9.17) is 11.6 Å². The van der Waals surface area contributed by atoms with Gasteiger partial charge in [-0.25, -0.2) is 0 Å². The molecule has 0 aliphatic heterocycles. The maximum absolute atomic E-state index is 6.32. The van der Waals surface area contributed by atoms with Crippen LogP contribution in [0.4, 0.5) is 5.69 Å². The number of para-hydroxylation sites is 1. The molecule has 0 heterocycles. The fraction of sp³-hybridized carbons (Fsp3) is 0.294. The van der Waals surface area contributed by atoms with E-state index in [0.29, 0.717) is 0 Å². The molecule has 0 aliphatic carbocycles. The van der Waals surface area contributed by atoms with Crippen LogP contribution in [-0.4, -0.2) is 0 Å². The van der Waals surface area contributed by atoms with Crippen molar-refractivity contribution >= 4 is 17.3 Å². The molecule has 2 heteroatoms. The van der Waals surface area contributed by atoms with Crippen LogP contribution >= 0.6 is 11.6 Å². The third-order valence-corrected chi connectivity index (χ3v) is 3.59. The largest absolute Gasteiger partial charge is 0.378 e. The maximum Gasteiger partial charge on any atom is 0.0528 e. The Morgan fingerprint density at radius 3 is 2.37 bits per heavy atom. The molecular formula is C17H20ClN. The van der Waals surface area contributed by atoms with Crippen molar-refractivity contribution in [1.29, 1.82) is 0 Å². The second-order valence-corrected chi connectivity index (χ2v) is 5.13. The summed E-state index contributed by atoms with van der Waals surface area (Å²) in [6.07, 6.45) is 3.47. The van der Waals surface area contributed by atoms with E-state index >= 15 is 0 Å². The molecule has 100 valence electrons. The molecule has 0 radical (unpaired) electrons. The van der Waals surface area contributed by atoms with E-state index in [1.807, 2.05) is 36.4 Å². The first-order chi connectivity index (χ1) is 9.31. The lowest BCUT2D eigenvalue weighted by atomic mass is 10.0. The number of unbranched alkanes of at least 4 members (excludes halogenated alkanes) is 1. The van der Waals surface area contributed by atoms with E-state index in [2.05, 4.69) is 30.4 Å². The molecule has 0 bridgehead atoms. The van der Waals surface area contributed by atoms with Crippen molar-refractivity contribution < 1.29 is 0 Å². The van der Waals surface area contributed by atoms with Gasteiger partial charge < -0.3 is 5.32 Å². The number of anilines is 1. The number of nitrogens with one attached hydrogen (secondary N) is 1. The first-order valence-electron chi connectivity index (χ1n) is 6.87. The summed E-state index contributed by atoms with van der Waals surface area (Å²) in [4.78, 5) is 0.